The minimum absolute atomic E-state index is 0.0653. The minimum Gasteiger partial charge on any atom is -0.477 e. The number of amides is 1. The molecule has 0 spiro atoms. The Kier molecular flexibility index (Phi) is 3.89. The lowest BCUT2D eigenvalue weighted by Crippen LogP contribution is -2.60. The monoisotopic (exact) mass is 298 g/mol. The highest BCUT2D eigenvalue weighted by Gasteiger charge is 2.57. The van der Waals surface area contributed by atoms with E-state index < -0.39 is 18.0 Å². The molecule has 2 aliphatic heterocycles. The minimum atomic E-state index is -1.18. The van der Waals surface area contributed by atoms with Gasteiger partial charge in [-0.1, -0.05) is 23.5 Å². The number of aliphatic hydroxyl groups is 1. The van der Waals surface area contributed by atoms with Crippen molar-refractivity contribution in [3.05, 3.63) is 21.4 Å². The molecule has 2 N–H and O–H groups in total. The highest BCUT2D eigenvalue weighted by atomic mass is 32.2. The molecule has 0 unspecified atom stereocenters. The molecule has 0 aromatic rings. The molecular formula is C11H10N2O4S2. The van der Waals surface area contributed by atoms with Gasteiger partial charge in [-0.2, -0.15) is 5.26 Å². The zero-order valence-corrected chi connectivity index (χ0v) is 11.4. The molecule has 2 heterocycles. The number of hydrogen-bond acceptors (Lipinski definition) is 6. The number of aliphatic carboxylic acids is 1. The SMILES string of the molecule is C[C@@H](O)[C@H]1C(=O)N2C(C(=O)O)=C(S/C=C\C#N)S[C@H]12. The Bertz CT molecular complexity index is 535. The lowest BCUT2D eigenvalue weighted by molar-refractivity contribution is -0.156. The summed E-state index contributed by atoms with van der Waals surface area (Å²) in [5.74, 6) is -2.12. The van der Waals surface area contributed by atoms with Gasteiger partial charge in [0.25, 0.3) is 0 Å². The topological polar surface area (TPSA) is 102 Å². The van der Waals surface area contributed by atoms with Crippen LogP contribution in [-0.4, -0.2) is 38.5 Å². The quantitative estimate of drug-likeness (QED) is 0.588. The fraction of sp³-hybridized carbons (Fsp3) is 0.364. The number of nitriles is 1. The van der Waals surface area contributed by atoms with Crippen LogP contribution in [0.25, 0.3) is 0 Å². The maximum Gasteiger partial charge on any atom is 0.354 e. The Hall–Kier alpha value is -1.43. The zero-order valence-electron chi connectivity index (χ0n) is 9.81. The highest BCUT2D eigenvalue weighted by molar-refractivity contribution is 8.24. The fourth-order valence-electron chi connectivity index (χ4n) is 1.96. The molecule has 6 nitrogen and oxygen atoms in total. The molecular weight excluding hydrogens is 288 g/mol. The highest BCUT2D eigenvalue weighted by Crippen LogP contribution is 2.53. The van der Waals surface area contributed by atoms with Gasteiger partial charge in [-0.15, -0.1) is 0 Å². The van der Waals surface area contributed by atoms with Crippen molar-refractivity contribution in [1.29, 1.82) is 5.26 Å². The Morgan fingerprint density at radius 3 is 2.89 bits per heavy atom. The van der Waals surface area contributed by atoms with Crippen molar-refractivity contribution < 1.29 is 19.8 Å². The number of hydrogen-bond donors (Lipinski definition) is 2. The maximum absolute atomic E-state index is 11.9. The van der Waals surface area contributed by atoms with Crippen LogP contribution in [0.1, 0.15) is 6.92 Å². The van der Waals surface area contributed by atoms with Crippen molar-refractivity contribution in [2.75, 3.05) is 0 Å². The largest absolute Gasteiger partial charge is 0.477 e. The van der Waals surface area contributed by atoms with Crippen LogP contribution in [0, 0.1) is 17.2 Å². The van der Waals surface area contributed by atoms with Gasteiger partial charge in [0.2, 0.25) is 5.91 Å². The van der Waals surface area contributed by atoms with E-state index in [1.165, 1.54) is 35.1 Å². The van der Waals surface area contributed by atoms with Crippen LogP contribution >= 0.6 is 23.5 Å². The first-order valence-electron chi connectivity index (χ1n) is 5.35. The van der Waals surface area contributed by atoms with Crippen molar-refractivity contribution in [2.45, 2.75) is 18.4 Å². The zero-order chi connectivity index (χ0) is 14.2. The van der Waals surface area contributed by atoms with Crippen LogP contribution in [0.2, 0.25) is 0 Å². The summed E-state index contributed by atoms with van der Waals surface area (Å²) in [6.45, 7) is 1.52. The number of fused-ring (bicyclic) bond motifs is 1. The third kappa shape index (κ3) is 2.25. The molecule has 1 amide bonds. The first-order chi connectivity index (χ1) is 8.99. The van der Waals surface area contributed by atoms with E-state index in [4.69, 9.17) is 5.26 Å². The van der Waals surface area contributed by atoms with Gasteiger partial charge < -0.3 is 10.2 Å². The van der Waals surface area contributed by atoms with Gasteiger partial charge in [0.15, 0.2) is 5.70 Å². The molecule has 3 atom stereocenters. The van der Waals surface area contributed by atoms with Gasteiger partial charge in [-0.3, -0.25) is 9.69 Å². The standard InChI is InChI=1S/C11H10N2O4S2/c1-5(14)6-8(15)13-7(10(16)17)11(19-9(6)13)18-4-2-3-12/h2,4-6,9,14H,1H3,(H,16,17)/b4-2-/t5-,6+,9-/m1/s1. The van der Waals surface area contributed by atoms with Crippen LogP contribution in [0.4, 0.5) is 0 Å². The van der Waals surface area contributed by atoms with Crippen LogP contribution in [0.5, 0.6) is 0 Å². The number of aliphatic hydroxyl groups excluding tert-OH is 1. The lowest BCUT2D eigenvalue weighted by Gasteiger charge is -2.43. The number of nitrogens with zero attached hydrogens (tertiary/aromatic N) is 2. The number of carboxylic acids is 1. The number of β-lactam (4-membered cyclic amide) rings is 1. The van der Waals surface area contributed by atoms with Gasteiger partial charge in [0.05, 0.1) is 22.3 Å². The van der Waals surface area contributed by atoms with Gasteiger partial charge >= 0.3 is 5.97 Å². The van der Waals surface area contributed by atoms with Crippen LogP contribution in [0.15, 0.2) is 21.4 Å². The van der Waals surface area contributed by atoms with E-state index in [-0.39, 0.29) is 17.0 Å². The van der Waals surface area contributed by atoms with Crippen LogP contribution < -0.4 is 0 Å². The predicted octanol–water partition coefficient (Wildman–Crippen LogP) is 0.923. The second kappa shape index (κ2) is 5.28. The molecule has 8 heteroatoms. The fourth-order valence-corrected chi connectivity index (χ4v) is 4.51. The number of carbonyl (C=O) groups excluding carboxylic acids is 1. The number of carbonyl (C=O) groups is 2. The Labute approximate surface area is 117 Å². The molecule has 0 radical (unpaired) electrons. The average Bonchev–Trinajstić information content (AvgIpc) is 2.64. The van der Waals surface area contributed by atoms with Crippen molar-refractivity contribution in [3.8, 4) is 6.07 Å². The van der Waals surface area contributed by atoms with E-state index in [2.05, 4.69) is 0 Å². The Balaban J connectivity index is 2.24. The summed E-state index contributed by atoms with van der Waals surface area (Å²) in [6.07, 6.45) is 0.427. The van der Waals surface area contributed by atoms with Crippen molar-refractivity contribution in [2.24, 2.45) is 5.92 Å². The summed E-state index contributed by atoms with van der Waals surface area (Å²) in [7, 11) is 0. The summed E-state index contributed by atoms with van der Waals surface area (Å²) < 4.78 is 0.459. The molecule has 0 bridgehead atoms. The van der Waals surface area contributed by atoms with E-state index in [0.717, 1.165) is 11.8 Å². The third-order valence-electron chi connectivity index (χ3n) is 2.79. The first-order valence-corrected chi connectivity index (χ1v) is 7.11. The molecule has 100 valence electrons. The molecule has 0 aromatic heterocycles. The van der Waals surface area contributed by atoms with E-state index >= 15 is 0 Å². The van der Waals surface area contributed by atoms with Crippen LogP contribution in [-0.2, 0) is 9.59 Å². The molecule has 1 saturated heterocycles. The molecule has 19 heavy (non-hydrogen) atoms. The molecule has 2 aliphatic rings. The number of carboxylic acid groups (broad SMARTS) is 1. The normalized spacial score (nSPS) is 27.2. The number of thioether (sulfide) groups is 2. The summed E-state index contributed by atoms with van der Waals surface area (Å²) in [6, 6.07) is 1.81. The maximum atomic E-state index is 11.9. The molecule has 0 saturated carbocycles. The van der Waals surface area contributed by atoms with Crippen molar-refractivity contribution >= 4 is 35.4 Å². The molecule has 2 rings (SSSR count). The van der Waals surface area contributed by atoms with E-state index in [0.29, 0.717) is 4.24 Å². The van der Waals surface area contributed by atoms with E-state index in [1.54, 1.807) is 0 Å². The Morgan fingerprint density at radius 2 is 2.37 bits per heavy atom. The molecule has 0 aromatic carbocycles. The van der Waals surface area contributed by atoms with Gasteiger partial charge in [0, 0.05) is 6.08 Å². The number of allylic oxidation sites excluding steroid dienone is 1. The van der Waals surface area contributed by atoms with Crippen molar-refractivity contribution in [1.82, 2.24) is 4.90 Å². The predicted molar refractivity (Wildman–Crippen MR) is 70.4 cm³/mol. The molecule has 0 aliphatic carbocycles. The summed E-state index contributed by atoms with van der Waals surface area (Å²) in [4.78, 5) is 24.3. The summed E-state index contributed by atoms with van der Waals surface area (Å²) in [5.41, 5.74) is -0.0653. The van der Waals surface area contributed by atoms with Crippen molar-refractivity contribution in [3.63, 3.8) is 0 Å². The van der Waals surface area contributed by atoms with Gasteiger partial charge in [0.1, 0.15) is 5.37 Å². The summed E-state index contributed by atoms with van der Waals surface area (Å²) in [5, 5.41) is 28.2. The average molecular weight is 298 g/mol. The smallest absolute Gasteiger partial charge is 0.354 e. The first kappa shape index (κ1) is 14.0. The second-order valence-electron chi connectivity index (χ2n) is 3.97. The Morgan fingerprint density at radius 1 is 1.68 bits per heavy atom. The third-order valence-corrected chi connectivity index (χ3v) is 5.20. The van der Waals surface area contributed by atoms with E-state index in [1.807, 2.05) is 6.07 Å². The van der Waals surface area contributed by atoms with Gasteiger partial charge in [-0.25, -0.2) is 4.79 Å². The molecule has 1 fully saturated rings. The van der Waals surface area contributed by atoms with Crippen LogP contribution in [0.3, 0.4) is 0 Å². The van der Waals surface area contributed by atoms with E-state index in [9.17, 15) is 19.8 Å². The number of rotatable bonds is 4. The second-order valence-corrected chi connectivity index (χ2v) is 6.28. The van der Waals surface area contributed by atoms with Gasteiger partial charge in [-0.05, 0) is 12.3 Å². The summed E-state index contributed by atoms with van der Waals surface area (Å²) >= 11 is 2.33. The lowest BCUT2D eigenvalue weighted by atomic mass is 9.92.